The van der Waals surface area contributed by atoms with Crippen molar-refractivity contribution in [2.24, 2.45) is 7.05 Å². The van der Waals surface area contributed by atoms with Crippen molar-refractivity contribution in [3.63, 3.8) is 0 Å². The molecule has 2 aromatic heterocycles. The lowest BCUT2D eigenvalue weighted by atomic mass is 9.97. The zero-order chi connectivity index (χ0) is 16.6. The maximum Gasteiger partial charge on any atom is 0.231 e. The first kappa shape index (κ1) is 15.7. The van der Waals surface area contributed by atoms with E-state index in [0.717, 1.165) is 18.4 Å². The molecule has 1 aromatic carbocycles. The highest BCUT2D eigenvalue weighted by Crippen LogP contribution is 2.26. The molecule has 0 saturated heterocycles. The molecule has 2 heteroatoms. The molecule has 0 unspecified atom stereocenters. The summed E-state index contributed by atoms with van der Waals surface area (Å²) in [5.74, 6) is 0. The molecule has 0 fully saturated rings. The third kappa shape index (κ3) is 2.86. The van der Waals surface area contributed by atoms with Crippen LogP contribution in [0.25, 0.3) is 22.3 Å². The van der Waals surface area contributed by atoms with Gasteiger partial charge in [-0.3, -0.25) is 0 Å². The molecule has 0 saturated carbocycles. The zero-order valence-electron chi connectivity index (χ0n) is 14.8. The highest BCUT2D eigenvalue weighted by molar-refractivity contribution is 5.75. The van der Waals surface area contributed by atoms with Gasteiger partial charge in [-0.05, 0) is 56.0 Å². The van der Waals surface area contributed by atoms with E-state index < -0.39 is 0 Å². The Labute approximate surface area is 138 Å². The molecule has 0 spiro atoms. The largest absolute Gasteiger partial charge is 0.250 e. The monoisotopic (exact) mass is 305 g/mol. The predicted molar refractivity (Wildman–Crippen MR) is 96.6 cm³/mol. The molecule has 0 bridgehead atoms. The van der Waals surface area contributed by atoms with Crippen LogP contribution in [0.15, 0.2) is 36.5 Å². The number of hydrogen-bond acceptors (Lipinski definition) is 1. The van der Waals surface area contributed by atoms with Gasteiger partial charge in [-0.1, -0.05) is 25.0 Å². The third-order valence-electron chi connectivity index (χ3n) is 4.70. The first-order valence-electron chi connectivity index (χ1n) is 8.37. The topological polar surface area (TPSA) is 16.8 Å². The number of aromatic nitrogens is 2. The normalized spacial score (nSPS) is 11.2. The van der Waals surface area contributed by atoms with Crippen LogP contribution in [-0.4, -0.2) is 4.98 Å². The molecule has 0 aliphatic rings. The van der Waals surface area contributed by atoms with Gasteiger partial charge in [0.15, 0.2) is 0 Å². The maximum absolute atomic E-state index is 4.63. The van der Waals surface area contributed by atoms with E-state index in [1.807, 2.05) is 6.20 Å². The summed E-state index contributed by atoms with van der Waals surface area (Å²) in [6, 6.07) is 11.1. The highest BCUT2D eigenvalue weighted by Gasteiger charge is 2.17. The summed E-state index contributed by atoms with van der Waals surface area (Å²) in [5, 5.41) is 0. The van der Waals surface area contributed by atoms with Gasteiger partial charge in [0.2, 0.25) is 11.2 Å². The van der Waals surface area contributed by atoms with Gasteiger partial charge in [0.05, 0.1) is 0 Å². The molecule has 118 valence electrons. The van der Waals surface area contributed by atoms with Crippen LogP contribution in [0.2, 0.25) is 0 Å². The van der Waals surface area contributed by atoms with Gasteiger partial charge in [0.25, 0.3) is 0 Å². The number of fused-ring (bicyclic) bond motifs is 1. The summed E-state index contributed by atoms with van der Waals surface area (Å²) in [6.45, 7) is 8.77. The number of rotatable bonds is 3. The summed E-state index contributed by atoms with van der Waals surface area (Å²) in [4.78, 5) is 4.63. The molecule has 3 rings (SSSR count). The van der Waals surface area contributed by atoms with E-state index in [-0.39, 0.29) is 0 Å². The number of nitrogens with zero attached hydrogens (tertiary/aromatic N) is 2. The van der Waals surface area contributed by atoms with Crippen LogP contribution >= 0.6 is 0 Å². The van der Waals surface area contributed by atoms with E-state index in [0.29, 0.717) is 0 Å². The minimum atomic E-state index is 1.05. The molecule has 0 aliphatic heterocycles. The first-order valence-corrected chi connectivity index (χ1v) is 8.37. The molecule has 2 heterocycles. The van der Waals surface area contributed by atoms with Crippen LogP contribution < -0.4 is 4.57 Å². The first-order chi connectivity index (χ1) is 11.0. The Bertz CT molecular complexity index is 879. The second-order valence-electron chi connectivity index (χ2n) is 6.53. The number of hydrogen-bond donors (Lipinski definition) is 0. The standard InChI is InChI=1S/C21H25N2/c1-6-7-17-12-21-19(22-13-17)8-9-20(23(21)5)18-11-14(2)10-15(3)16(18)4/h8-13H,6-7H2,1-5H3/q+1. The van der Waals surface area contributed by atoms with E-state index in [1.165, 1.54) is 39.0 Å². The quantitative estimate of drug-likeness (QED) is 0.646. The van der Waals surface area contributed by atoms with Crippen molar-refractivity contribution in [3.05, 3.63) is 58.8 Å². The van der Waals surface area contributed by atoms with Crippen molar-refractivity contribution < 1.29 is 4.57 Å². The van der Waals surface area contributed by atoms with Crippen molar-refractivity contribution in [1.29, 1.82) is 0 Å². The fraction of sp³-hybridized carbons (Fsp3) is 0.333. The van der Waals surface area contributed by atoms with Crippen LogP contribution in [0.3, 0.4) is 0 Å². The van der Waals surface area contributed by atoms with Crippen LogP contribution in [0, 0.1) is 20.8 Å². The van der Waals surface area contributed by atoms with Crippen molar-refractivity contribution in [2.45, 2.75) is 40.5 Å². The van der Waals surface area contributed by atoms with E-state index in [4.69, 9.17) is 0 Å². The minimum Gasteiger partial charge on any atom is -0.250 e. The SMILES string of the molecule is CCCc1cnc2ccc(-c3cc(C)cc(C)c3C)[n+](C)c2c1. The smallest absolute Gasteiger partial charge is 0.231 e. The predicted octanol–water partition coefficient (Wildman–Crippen LogP) is 4.60. The van der Waals surface area contributed by atoms with Gasteiger partial charge in [-0.15, -0.1) is 0 Å². The van der Waals surface area contributed by atoms with Gasteiger partial charge < -0.3 is 0 Å². The molecule has 0 atom stereocenters. The lowest BCUT2D eigenvalue weighted by Crippen LogP contribution is -2.32. The molecule has 0 N–H and O–H groups in total. The van der Waals surface area contributed by atoms with Crippen molar-refractivity contribution in [2.75, 3.05) is 0 Å². The molecule has 0 radical (unpaired) electrons. The fourth-order valence-corrected chi connectivity index (χ4v) is 3.30. The highest BCUT2D eigenvalue weighted by atomic mass is 14.9. The average molecular weight is 305 g/mol. The van der Waals surface area contributed by atoms with Gasteiger partial charge in [-0.25, -0.2) is 4.98 Å². The van der Waals surface area contributed by atoms with Crippen molar-refractivity contribution in [3.8, 4) is 11.3 Å². The van der Waals surface area contributed by atoms with Crippen LogP contribution in [-0.2, 0) is 13.5 Å². The van der Waals surface area contributed by atoms with Gasteiger partial charge >= 0.3 is 0 Å². The fourth-order valence-electron chi connectivity index (χ4n) is 3.30. The Hall–Kier alpha value is -2.22. The zero-order valence-corrected chi connectivity index (χ0v) is 14.8. The van der Waals surface area contributed by atoms with E-state index in [9.17, 15) is 0 Å². The molecular weight excluding hydrogens is 280 g/mol. The van der Waals surface area contributed by atoms with Gasteiger partial charge in [-0.2, -0.15) is 4.57 Å². The minimum absolute atomic E-state index is 1.05. The Balaban J connectivity index is 2.25. The van der Waals surface area contributed by atoms with Gasteiger partial charge in [0.1, 0.15) is 12.6 Å². The number of benzene rings is 1. The van der Waals surface area contributed by atoms with Crippen LogP contribution in [0.4, 0.5) is 0 Å². The summed E-state index contributed by atoms with van der Waals surface area (Å²) in [7, 11) is 2.15. The molecule has 0 aliphatic carbocycles. The number of pyridine rings is 2. The van der Waals surface area contributed by atoms with Gasteiger partial charge in [0, 0.05) is 23.9 Å². The summed E-state index contributed by atoms with van der Waals surface area (Å²) in [5.41, 5.74) is 10.1. The Morgan fingerprint density at radius 2 is 1.83 bits per heavy atom. The summed E-state index contributed by atoms with van der Waals surface area (Å²) in [6.07, 6.45) is 4.23. The Morgan fingerprint density at radius 1 is 1.04 bits per heavy atom. The molecule has 3 aromatic rings. The molecule has 2 nitrogen and oxygen atoms in total. The number of aryl methyl sites for hydroxylation is 4. The van der Waals surface area contributed by atoms with E-state index >= 15 is 0 Å². The van der Waals surface area contributed by atoms with E-state index in [2.05, 4.69) is 74.6 Å². The lowest BCUT2D eigenvalue weighted by Gasteiger charge is -2.10. The second-order valence-corrected chi connectivity index (χ2v) is 6.53. The summed E-state index contributed by atoms with van der Waals surface area (Å²) >= 11 is 0. The summed E-state index contributed by atoms with van der Waals surface area (Å²) < 4.78 is 2.28. The second kappa shape index (κ2) is 6.11. The van der Waals surface area contributed by atoms with Crippen LogP contribution in [0.1, 0.15) is 35.6 Å². The van der Waals surface area contributed by atoms with Crippen molar-refractivity contribution >= 4 is 11.0 Å². The van der Waals surface area contributed by atoms with Crippen LogP contribution in [0.5, 0.6) is 0 Å². The lowest BCUT2D eigenvalue weighted by molar-refractivity contribution is -0.633. The average Bonchev–Trinajstić information content (AvgIpc) is 2.52. The Morgan fingerprint density at radius 3 is 2.57 bits per heavy atom. The third-order valence-corrected chi connectivity index (χ3v) is 4.70. The molecule has 0 amide bonds. The van der Waals surface area contributed by atoms with E-state index in [1.54, 1.807) is 0 Å². The molecular formula is C21H25N2+. The Kier molecular flexibility index (Phi) is 4.16. The maximum atomic E-state index is 4.63. The molecule has 23 heavy (non-hydrogen) atoms. The van der Waals surface area contributed by atoms with Crippen molar-refractivity contribution in [1.82, 2.24) is 4.98 Å².